The zero-order valence-electron chi connectivity index (χ0n) is 38.9. The van der Waals surface area contributed by atoms with Crippen molar-refractivity contribution in [2.24, 2.45) is 0 Å². The van der Waals surface area contributed by atoms with Crippen LogP contribution in [0.3, 0.4) is 0 Å². The van der Waals surface area contributed by atoms with Gasteiger partial charge in [-0.3, -0.25) is 38.4 Å². The number of hydrogen-bond donors (Lipinski definition) is 5. The summed E-state index contributed by atoms with van der Waals surface area (Å²) in [4.78, 5) is 126. The monoisotopic (exact) mass is 982 g/mol. The lowest BCUT2D eigenvalue weighted by Gasteiger charge is -2.23. The lowest BCUT2D eigenvalue weighted by Crippen LogP contribution is -2.25. The Hall–Kier alpha value is -10.9. The fourth-order valence-electron chi connectivity index (χ4n) is 9.62. The second-order valence-electron chi connectivity index (χ2n) is 17.5. The van der Waals surface area contributed by atoms with Gasteiger partial charge >= 0.3 is 0 Å². The van der Waals surface area contributed by atoms with E-state index in [0.717, 1.165) is 0 Å². The molecule has 0 saturated heterocycles. The van der Waals surface area contributed by atoms with Crippen LogP contribution in [0.5, 0.6) is 0 Å². The van der Waals surface area contributed by atoms with Gasteiger partial charge in [0.1, 0.15) is 0 Å². The van der Waals surface area contributed by atoms with Gasteiger partial charge in [0.05, 0.1) is 56.3 Å². The smallest absolute Gasteiger partial charge is 0.255 e. The van der Waals surface area contributed by atoms with Gasteiger partial charge in [0, 0.05) is 50.1 Å². The van der Waals surface area contributed by atoms with Crippen molar-refractivity contribution >= 4 is 92.8 Å². The molecule has 2 amide bonds. The Labute approximate surface area is 424 Å². The fourth-order valence-corrected chi connectivity index (χ4v) is 9.62. The number of anilines is 8. The average Bonchev–Trinajstić information content (AvgIpc) is 3.45. The van der Waals surface area contributed by atoms with Crippen molar-refractivity contribution in [3.05, 3.63) is 254 Å². The first-order chi connectivity index (χ1) is 36.5. The molecule has 0 saturated carbocycles. The van der Waals surface area contributed by atoms with Crippen molar-refractivity contribution in [3.8, 4) is 0 Å². The molecule has 358 valence electrons. The predicted octanol–water partition coefficient (Wildman–Crippen LogP) is 9.93. The van der Waals surface area contributed by atoms with Crippen LogP contribution in [0.15, 0.2) is 176 Å². The summed E-state index contributed by atoms with van der Waals surface area (Å²) >= 11 is 0. The number of carbonyl (C=O) groups is 8. The molecule has 0 spiro atoms. The third-order valence-electron chi connectivity index (χ3n) is 13.0. The van der Waals surface area contributed by atoms with Crippen molar-refractivity contribution in [2.75, 3.05) is 26.6 Å². The van der Waals surface area contributed by atoms with Crippen LogP contribution in [0.25, 0.3) is 0 Å². The predicted molar refractivity (Wildman–Crippen MR) is 278 cm³/mol. The molecular weight excluding hydrogens is 949 g/mol. The van der Waals surface area contributed by atoms with Gasteiger partial charge < -0.3 is 26.6 Å². The molecule has 0 unspecified atom stereocenters. The maximum atomic E-state index is 14.6. The summed E-state index contributed by atoms with van der Waals surface area (Å²) in [5, 5.41) is 14.8. The van der Waals surface area contributed by atoms with Gasteiger partial charge in [-0.1, -0.05) is 121 Å². The number of nitrogens with zero attached hydrogens (tertiary/aromatic N) is 3. The fraction of sp³-hybridized carbons (Fsp3) is 0. The number of aromatic nitrogens is 3. The third-order valence-corrected chi connectivity index (χ3v) is 13.0. The number of rotatable bonds is 10. The Balaban J connectivity index is 0.923. The van der Waals surface area contributed by atoms with E-state index in [-0.39, 0.29) is 119 Å². The second kappa shape index (κ2) is 18.1. The number of amides is 2. The molecule has 8 aromatic carbocycles. The topological polar surface area (TPSA) is 235 Å². The molecule has 16 nitrogen and oxygen atoms in total. The van der Waals surface area contributed by atoms with Gasteiger partial charge in [-0.15, -0.1) is 0 Å². The van der Waals surface area contributed by atoms with E-state index in [1.165, 1.54) is 24.3 Å². The maximum absolute atomic E-state index is 14.6. The van der Waals surface area contributed by atoms with Crippen LogP contribution in [-0.4, -0.2) is 61.5 Å². The first-order valence-corrected chi connectivity index (χ1v) is 23.3. The van der Waals surface area contributed by atoms with Crippen LogP contribution < -0.4 is 26.6 Å². The molecule has 0 bridgehead atoms. The summed E-state index contributed by atoms with van der Waals surface area (Å²) in [6, 6.07) is 46.6. The zero-order valence-corrected chi connectivity index (χ0v) is 38.9. The second-order valence-corrected chi connectivity index (χ2v) is 17.5. The largest absolute Gasteiger partial charge is 0.323 e. The minimum absolute atomic E-state index is 0.00917. The van der Waals surface area contributed by atoms with Crippen LogP contribution >= 0.6 is 0 Å². The van der Waals surface area contributed by atoms with Crippen molar-refractivity contribution in [2.45, 2.75) is 0 Å². The van der Waals surface area contributed by atoms with E-state index in [1.807, 2.05) is 0 Å². The summed E-state index contributed by atoms with van der Waals surface area (Å²) in [7, 11) is 0. The van der Waals surface area contributed by atoms with Gasteiger partial charge in [-0.05, 0) is 54.6 Å². The molecule has 1 aromatic heterocycles. The number of ketones is 6. The van der Waals surface area contributed by atoms with E-state index in [9.17, 15) is 38.4 Å². The van der Waals surface area contributed by atoms with Crippen molar-refractivity contribution < 1.29 is 38.4 Å². The average molecular weight is 983 g/mol. The Bertz CT molecular complexity index is 3850. The highest BCUT2D eigenvalue weighted by molar-refractivity contribution is 6.34. The maximum Gasteiger partial charge on any atom is 0.255 e. The molecule has 1 heterocycles. The Kier molecular flexibility index (Phi) is 10.9. The Morgan fingerprint density at radius 2 is 0.520 bits per heavy atom. The van der Waals surface area contributed by atoms with Gasteiger partial charge in [-0.2, -0.15) is 15.0 Å². The molecule has 0 radical (unpaired) electrons. The lowest BCUT2D eigenvalue weighted by atomic mass is 9.82. The number of hydrogen-bond acceptors (Lipinski definition) is 14. The minimum Gasteiger partial charge on any atom is -0.323 e. The molecule has 5 N–H and O–H groups in total. The van der Waals surface area contributed by atoms with E-state index in [1.54, 1.807) is 152 Å². The van der Waals surface area contributed by atoms with Crippen LogP contribution in [-0.2, 0) is 0 Å². The molecule has 0 fully saturated rings. The minimum atomic E-state index is -0.536. The van der Waals surface area contributed by atoms with Gasteiger partial charge in [-0.25, -0.2) is 0 Å². The van der Waals surface area contributed by atoms with Crippen molar-refractivity contribution in [1.82, 2.24) is 15.0 Å². The summed E-state index contributed by atoms with van der Waals surface area (Å²) in [5.41, 5.74) is 2.31. The van der Waals surface area contributed by atoms with E-state index in [4.69, 9.17) is 0 Å². The highest BCUT2D eigenvalue weighted by Gasteiger charge is 2.37. The zero-order chi connectivity index (χ0) is 51.5. The normalized spacial score (nSPS) is 12.8. The van der Waals surface area contributed by atoms with E-state index >= 15 is 0 Å². The molecule has 9 aromatic rings. The molecule has 0 atom stereocenters. The third kappa shape index (κ3) is 7.78. The van der Waals surface area contributed by atoms with Gasteiger partial charge in [0.2, 0.25) is 17.8 Å². The molecular formula is C59H34N8O8. The van der Waals surface area contributed by atoms with E-state index in [2.05, 4.69) is 41.5 Å². The first kappa shape index (κ1) is 45.3. The molecule has 3 aliphatic carbocycles. The summed E-state index contributed by atoms with van der Waals surface area (Å²) in [6.45, 7) is 0. The van der Waals surface area contributed by atoms with E-state index in [0.29, 0.717) is 11.1 Å². The Morgan fingerprint density at radius 3 is 0.867 bits per heavy atom. The first-order valence-electron chi connectivity index (χ1n) is 23.3. The summed E-state index contributed by atoms with van der Waals surface area (Å²) < 4.78 is 0. The quantitative estimate of drug-likeness (QED) is 0.0858. The number of fused-ring (bicyclic) bond motifs is 6. The number of benzene rings is 8. The lowest BCUT2D eigenvalue weighted by molar-refractivity contribution is 0.0979. The van der Waals surface area contributed by atoms with Crippen molar-refractivity contribution in [3.63, 3.8) is 0 Å². The standard InChI is InChI=1S/C59H34N8O8/c68-49-32-18-7-8-19-33(32)50(69)44-34(49)20-9-27-41(44)62-57-65-58(63-42-28-12-23-37-47(42)53(72)35-21-10-25-39(45(35)51(37)70)60-55(74)30-14-3-1-4-15-30)67-59(66-57)64-43-29-13-24-38-48(43)54(73)36-22-11-26-40(46(36)52(38)71)61-56(75)31-16-5-2-6-17-31/h1-29H,(H,60,74)(H,61,75)(H3,62,63,64,65,66,67). The van der Waals surface area contributed by atoms with Gasteiger partial charge in [0.15, 0.2) is 34.7 Å². The Morgan fingerprint density at radius 1 is 0.267 bits per heavy atom. The van der Waals surface area contributed by atoms with Crippen molar-refractivity contribution in [1.29, 1.82) is 0 Å². The van der Waals surface area contributed by atoms with E-state index < -0.39 is 40.7 Å². The number of nitrogens with one attached hydrogen (secondary N) is 5. The van der Waals surface area contributed by atoms with Crippen LogP contribution in [0.2, 0.25) is 0 Å². The molecule has 0 aliphatic heterocycles. The van der Waals surface area contributed by atoms with Gasteiger partial charge in [0.25, 0.3) is 11.8 Å². The highest BCUT2D eigenvalue weighted by Crippen LogP contribution is 2.40. The summed E-state index contributed by atoms with van der Waals surface area (Å²) in [5.74, 6) is -4.39. The summed E-state index contributed by atoms with van der Waals surface area (Å²) in [6.07, 6.45) is 0. The number of carbonyl (C=O) groups excluding carboxylic acids is 8. The van der Waals surface area contributed by atoms with Crippen LogP contribution in [0.4, 0.5) is 46.3 Å². The van der Waals surface area contributed by atoms with Crippen LogP contribution in [0, 0.1) is 0 Å². The SMILES string of the molecule is O=C(Nc1cccc2c1C(=O)c1cccc(Nc3nc(Nc4cccc5c4C(=O)c4ccccc4C5=O)nc(Nc4cccc5c4C(=O)c4cccc(NC(=O)c6ccccc6)c4C5=O)n3)c1C2=O)c1ccccc1. The van der Waals surface area contributed by atoms with Crippen LogP contribution in [0.1, 0.15) is 116 Å². The molecule has 16 heteroatoms. The highest BCUT2D eigenvalue weighted by atomic mass is 16.2. The molecule has 12 rings (SSSR count). The molecule has 75 heavy (non-hydrogen) atoms. The molecule has 3 aliphatic rings.